The Morgan fingerprint density at radius 3 is 2.47 bits per heavy atom. The molecule has 3 nitrogen and oxygen atoms in total. The Bertz CT molecular complexity index is 298. The van der Waals surface area contributed by atoms with E-state index in [9.17, 15) is 5.11 Å². The molecule has 1 aromatic heterocycles. The van der Waals surface area contributed by atoms with Gasteiger partial charge in [0.25, 0.3) is 0 Å². The van der Waals surface area contributed by atoms with Gasteiger partial charge in [0.15, 0.2) is 0 Å². The lowest BCUT2D eigenvalue weighted by molar-refractivity contribution is 0.0283. The molecule has 0 radical (unpaired) electrons. The molecule has 3 heteroatoms. The first-order chi connectivity index (χ1) is 6.88. The van der Waals surface area contributed by atoms with E-state index in [-0.39, 0.29) is 6.61 Å². The SMILES string of the molecule is CC(C)c1ccc(OCC(C)(C)O)cn1. The molecular formula is C12H19NO2. The maximum atomic E-state index is 9.48. The van der Waals surface area contributed by atoms with Gasteiger partial charge in [0.1, 0.15) is 12.4 Å². The first-order valence-corrected chi connectivity index (χ1v) is 5.19. The summed E-state index contributed by atoms with van der Waals surface area (Å²) < 4.78 is 5.39. The third-order valence-electron chi connectivity index (χ3n) is 1.94. The van der Waals surface area contributed by atoms with Crippen LogP contribution in [0.25, 0.3) is 0 Å². The van der Waals surface area contributed by atoms with Crippen LogP contribution in [0.15, 0.2) is 18.3 Å². The fourth-order valence-corrected chi connectivity index (χ4v) is 1.08. The van der Waals surface area contributed by atoms with Crippen molar-refractivity contribution >= 4 is 0 Å². The minimum Gasteiger partial charge on any atom is -0.489 e. The van der Waals surface area contributed by atoms with Crippen molar-refractivity contribution in [2.45, 2.75) is 39.2 Å². The first kappa shape index (κ1) is 12.0. The average molecular weight is 209 g/mol. The maximum absolute atomic E-state index is 9.48. The van der Waals surface area contributed by atoms with Gasteiger partial charge in [-0.1, -0.05) is 13.8 Å². The summed E-state index contributed by atoms with van der Waals surface area (Å²) in [6.07, 6.45) is 1.70. The van der Waals surface area contributed by atoms with E-state index in [0.29, 0.717) is 11.7 Å². The third kappa shape index (κ3) is 4.30. The predicted molar refractivity (Wildman–Crippen MR) is 60.1 cm³/mol. The average Bonchev–Trinajstić information content (AvgIpc) is 2.14. The third-order valence-corrected chi connectivity index (χ3v) is 1.94. The van der Waals surface area contributed by atoms with Gasteiger partial charge in [-0.05, 0) is 31.9 Å². The van der Waals surface area contributed by atoms with Crippen LogP contribution in [0.2, 0.25) is 0 Å². The lowest BCUT2D eigenvalue weighted by atomic mass is 10.1. The van der Waals surface area contributed by atoms with Crippen LogP contribution in [0.5, 0.6) is 5.75 Å². The molecule has 0 unspecified atom stereocenters. The van der Waals surface area contributed by atoms with Crippen LogP contribution in [-0.4, -0.2) is 22.3 Å². The van der Waals surface area contributed by atoms with Gasteiger partial charge in [0.05, 0.1) is 11.8 Å². The van der Waals surface area contributed by atoms with Crippen LogP contribution < -0.4 is 4.74 Å². The Morgan fingerprint density at radius 1 is 1.40 bits per heavy atom. The molecule has 1 N–H and O–H groups in total. The zero-order valence-electron chi connectivity index (χ0n) is 9.82. The second-order valence-corrected chi connectivity index (χ2v) is 4.67. The van der Waals surface area contributed by atoms with Crippen molar-refractivity contribution in [3.8, 4) is 5.75 Å². The quantitative estimate of drug-likeness (QED) is 0.827. The van der Waals surface area contributed by atoms with Gasteiger partial charge in [0.2, 0.25) is 0 Å². The molecule has 0 saturated heterocycles. The molecule has 0 aliphatic carbocycles. The maximum Gasteiger partial charge on any atom is 0.137 e. The molecule has 0 saturated carbocycles. The summed E-state index contributed by atoms with van der Waals surface area (Å²) in [4.78, 5) is 4.27. The first-order valence-electron chi connectivity index (χ1n) is 5.19. The molecule has 1 rings (SSSR count). The summed E-state index contributed by atoms with van der Waals surface area (Å²) in [6.45, 7) is 7.89. The van der Waals surface area contributed by atoms with Crippen molar-refractivity contribution in [2.75, 3.05) is 6.61 Å². The summed E-state index contributed by atoms with van der Waals surface area (Å²) in [7, 11) is 0. The van der Waals surface area contributed by atoms with Crippen LogP contribution in [0.3, 0.4) is 0 Å². The molecule has 1 heterocycles. The van der Waals surface area contributed by atoms with Crippen molar-refractivity contribution in [1.29, 1.82) is 0 Å². The van der Waals surface area contributed by atoms with E-state index in [1.54, 1.807) is 20.0 Å². The monoisotopic (exact) mass is 209 g/mol. The molecule has 0 amide bonds. The van der Waals surface area contributed by atoms with Crippen molar-refractivity contribution in [2.24, 2.45) is 0 Å². The number of aromatic nitrogens is 1. The Kier molecular flexibility index (Phi) is 3.69. The van der Waals surface area contributed by atoms with Crippen molar-refractivity contribution in [3.05, 3.63) is 24.0 Å². The molecule has 0 spiro atoms. The Labute approximate surface area is 91.1 Å². The Balaban J connectivity index is 2.57. The fourth-order valence-electron chi connectivity index (χ4n) is 1.08. The van der Waals surface area contributed by atoms with E-state index in [1.807, 2.05) is 12.1 Å². The van der Waals surface area contributed by atoms with Gasteiger partial charge < -0.3 is 9.84 Å². The highest BCUT2D eigenvalue weighted by atomic mass is 16.5. The van der Waals surface area contributed by atoms with E-state index in [4.69, 9.17) is 4.74 Å². The lowest BCUT2D eigenvalue weighted by Gasteiger charge is -2.17. The molecule has 0 atom stereocenters. The molecular weight excluding hydrogens is 190 g/mol. The summed E-state index contributed by atoms with van der Waals surface area (Å²) in [5.41, 5.74) is 0.238. The Morgan fingerprint density at radius 2 is 2.07 bits per heavy atom. The van der Waals surface area contributed by atoms with Crippen molar-refractivity contribution in [3.63, 3.8) is 0 Å². The number of hydrogen-bond donors (Lipinski definition) is 1. The largest absolute Gasteiger partial charge is 0.489 e. The lowest BCUT2D eigenvalue weighted by Crippen LogP contribution is -2.27. The zero-order valence-corrected chi connectivity index (χ0v) is 9.82. The van der Waals surface area contributed by atoms with Crippen LogP contribution in [-0.2, 0) is 0 Å². The van der Waals surface area contributed by atoms with Gasteiger partial charge in [-0.3, -0.25) is 4.98 Å². The minimum absolute atomic E-state index is 0.274. The molecule has 0 fully saturated rings. The highest BCUT2D eigenvalue weighted by molar-refractivity contribution is 5.21. The van der Waals surface area contributed by atoms with Crippen molar-refractivity contribution < 1.29 is 9.84 Å². The van der Waals surface area contributed by atoms with E-state index >= 15 is 0 Å². The fraction of sp³-hybridized carbons (Fsp3) is 0.583. The highest BCUT2D eigenvalue weighted by Crippen LogP contribution is 2.16. The number of ether oxygens (including phenoxy) is 1. The molecule has 1 aromatic rings. The van der Waals surface area contributed by atoms with Crippen LogP contribution in [0, 0.1) is 0 Å². The number of nitrogens with zero attached hydrogens (tertiary/aromatic N) is 1. The number of aliphatic hydroxyl groups is 1. The smallest absolute Gasteiger partial charge is 0.137 e. The van der Waals surface area contributed by atoms with E-state index in [0.717, 1.165) is 5.69 Å². The van der Waals surface area contributed by atoms with Gasteiger partial charge in [-0.25, -0.2) is 0 Å². The van der Waals surface area contributed by atoms with Crippen molar-refractivity contribution in [1.82, 2.24) is 4.98 Å². The molecule has 0 bridgehead atoms. The summed E-state index contributed by atoms with van der Waals surface area (Å²) in [5.74, 6) is 1.12. The Hall–Kier alpha value is -1.09. The number of hydrogen-bond acceptors (Lipinski definition) is 3. The van der Waals surface area contributed by atoms with Gasteiger partial charge in [0, 0.05) is 5.69 Å². The topological polar surface area (TPSA) is 42.4 Å². The molecule has 84 valence electrons. The van der Waals surface area contributed by atoms with E-state index in [1.165, 1.54) is 0 Å². The molecule has 15 heavy (non-hydrogen) atoms. The van der Waals surface area contributed by atoms with Crippen LogP contribution >= 0.6 is 0 Å². The van der Waals surface area contributed by atoms with Crippen LogP contribution in [0.1, 0.15) is 39.3 Å². The van der Waals surface area contributed by atoms with E-state index in [2.05, 4.69) is 18.8 Å². The number of pyridine rings is 1. The van der Waals surface area contributed by atoms with Gasteiger partial charge in [-0.2, -0.15) is 0 Å². The molecule has 0 aliphatic heterocycles. The summed E-state index contributed by atoms with van der Waals surface area (Å²) in [5, 5.41) is 9.48. The molecule has 0 aliphatic rings. The second kappa shape index (κ2) is 4.62. The predicted octanol–water partition coefficient (Wildman–Crippen LogP) is 2.35. The molecule has 0 aromatic carbocycles. The minimum atomic E-state index is -0.809. The summed E-state index contributed by atoms with van der Waals surface area (Å²) in [6, 6.07) is 3.83. The van der Waals surface area contributed by atoms with Gasteiger partial charge >= 0.3 is 0 Å². The second-order valence-electron chi connectivity index (χ2n) is 4.67. The van der Waals surface area contributed by atoms with E-state index < -0.39 is 5.60 Å². The summed E-state index contributed by atoms with van der Waals surface area (Å²) >= 11 is 0. The number of rotatable bonds is 4. The van der Waals surface area contributed by atoms with Crippen LogP contribution in [0.4, 0.5) is 0 Å². The van der Waals surface area contributed by atoms with Gasteiger partial charge in [-0.15, -0.1) is 0 Å². The highest BCUT2D eigenvalue weighted by Gasteiger charge is 2.13. The zero-order chi connectivity index (χ0) is 11.5. The standard InChI is InChI=1S/C12H19NO2/c1-9(2)11-6-5-10(7-13-11)15-8-12(3,4)14/h5-7,9,14H,8H2,1-4H3. The normalized spacial score (nSPS) is 11.9.